The SMILES string of the molecule is CCc1ccc(N(CC(=O)NCCC2CCN(C)CC2)S(C)(=O)=O)cc1. The summed E-state index contributed by atoms with van der Waals surface area (Å²) >= 11 is 0. The molecule has 1 heterocycles. The fourth-order valence-corrected chi connectivity index (χ4v) is 4.11. The van der Waals surface area contributed by atoms with Crippen molar-refractivity contribution in [3.8, 4) is 0 Å². The minimum atomic E-state index is -3.52. The normalized spacial score (nSPS) is 16.4. The molecule has 1 N–H and O–H groups in total. The van der Waals surface area contributed by atoms with Crippen molar-refractivity contribution in [2.75, 3.05) is 43.8 Å². The molecule has 0 atom stereocenters. The van der Waals surface area contributed by atoms with Gasteiger partial charge in [0.1, 0.15) is 6.54 Å². The zero-order valence-corrected chi connectivity index (χ0v) is 16.9. The fraction of sp³-hybridized carbons (Fsp3) is 0.632. The molecule has 0 spiro atoms. The van der Waals surface area contributed by atoms with Crippen LogP contribution in [0.5, 0.6) is 0 Å². The maximum absolute atomic E-state index is 12.3. The van der Waals surface area contributed by atoms with Crippen LogP contribution in [0, 0.1) is 5.92 Å². The Kier molecular flexibility index (Phi) is 7.46. The summed E-state index contributed by atoms with van der Waals surface area (Å²) in [6.45, 7) is 4.67. The highest BCUT2D eigenvalue weighted by Gasteiger charge is 2.21. The van der Waals surface area contributed by atoms with Crippen molar-refractivity contribution in [1.82, 2.24) is 10.2 Å². The largest absolute Gasteiger partial charge is 0.355 e. The Balaban J connectivity index is 1.88. The topological polar surface area (TPSA) is 69.7 Å². The van der Waals surface area contributed by atoms with Crippen LogP contribution in [0.25, 0.3) is 0 Å². The van der Waals surface area contributed by atoms with Gasteiger partial charge in [0.25, 0.3) is 0 Å². The number of carbonyl (C=O) groups is 1. The van der Waals surface area contributed by atoms with Crippen LogP contribution < -0.4 is 9.62 Å². The number of nitrogens with one attached hydrogen (secondary N) is 1. The molecule has 26 heavy (non-hydrogen) atoms. The summed E-state index contributed by atoms with van der Waals surface area (Å²) in [5.74, 6) is 0.377. The van der Waals surface area contributed by atoms with Crippen molar-refractivity contribution >= 4 is 21.6 Å². The molecule has 146 valence electrons. The third kappa shape index (κ3) is 6.29. The molecular weight excluding hydrogens is 350 g/mol. The quantitative estimate of drug-likeness (QED) is 0.746. The van der Waals surface area contributed by atoms with Crippen LogP contribution in [0.2, 0.25) is 0 Å². The van der Waals surface area contributed by atoms with Crippen molar-refractivity contribution in [3.05, 3.63) is 29.8 Å². The monoisotopic (exact) mass is 381 g/mol. The lowest BCUT2D eigenvalue weighted by atomic mass is 9.94. The highest BCUT2D eigenvalue weighted by atomic mass is 32.2. The first-order valence-electron chi connectivity index (χ1n) is 9.31. The van der Waals surface area contributed by atoms with Gasteiger partial charge in [0.2, 0.25) is 15.9 Å². The number of anilines is 1. The van der Waals surface area contributed by atoms with Crippen LogP contribution in [-0.4, -0.2) is 58.7 Å². The summed E-state index contributed by atoms with van der Waals surface area (Å²) in [6.07, 6.45) is 5.28. The summed E-state index contributed by atoms with van der Waals surface area (Å²) in [5.41, 5.74) is 1.65. The molecular formula is C19H31N3O3S. The second-order valence-corrected chi connectivity index (χ2v) is 9.08. The number of piperidine rings is 1. The Bertz CT molecular complexity index is 680. The summed E-state index contributed by atoms with van der Waals surface area (Å²) < 4.78 is 25.4. The Labute approximate surface area is 157 Å². The molecule has 2 rings (SSSR count). The number of likely N-dealkylation sites (tertiary alicyclic amines) is 1. The van der Waals surface area contributed by atoms with E-state index in [1.807, 2.05) is 19.1 Å². The van der Waals surface area contributed by atoms with E-state index in [4.69, 9.17) is 0 Å². The van der Waals surface area contributed by atoms with E-state index in [0.717, 1.165) is 54.9 Å². The van der Waals surface area contributed by atoms with Crippen molar-refractivity contribution in [2.24, 2.45) is 5.92 Å². The molecule has 1 aromatic rings. The van der Waals surface area contributed by atoms with Crippen molar-refractivity contribution in [3.63, 3.8) is 0 Å². The van der Waals surface area contributed by atoms with Crippen LogP contribution in [-0.2, 0) is 21.2 Å². The molecule has 6 nitrogen and oxygen atoms in total. The number of benzene rings is 1. The highest BCUT2D eigenvalue weighted by Crippen LogP contribution is 2.20. The second kappa shape index (κ2) is 9.37. The molecule has 1 amide bonds. The molecule has 1 aliphatic rings. The van der Waals surface area contributed by atoms with E-state index in [9.17, 15) is 13.2 Å². The van der Waals surface area contributed by atoms with Gasteiger partial charge >= 0.3 is 0 Å². The van der Waals surface area contributed by atoms with Gasteiger partial charge in [-0.1, -0.05) is 19.1 Å². The number of hydrogen-bond acceptors (Lipinski definition) is 4. The summed E-state index contributed by atoms with van der Waals surface area (Å²) in [4.78, 5) is 14.6. The van der Waals surface area contributed by atoms with Crippen LogP contribution in [0.15, 0.2) is 24.3 Å². The van der Waals surface area contributed by atoms with Gasteiger partial charge in [-0.3, -0.25) is 9.10 Å². The number of hydrogen-bond donors (Lipinski definition) is 1. The summed E-state index contributed by atoms with van der Waals surface area (Å²) in [7, 11) is -1.39. The van der Waals surface area contributed by atoms with E-state index < -0.39 is 10.0 Å². The molecule has 1 aliphatic heterocycles. The number of sulfonamides is 1. The van der Waals surface area contributed by atoms with E-state index in [-0.39, 0.29) is 12.5 Å². The van der Waals surface area contributed by atoms with Gasteiger partial charge in [-0.05, 0) is 69.4 Å². The molecule has 0 aromatic heterocycles. The molecule has 1 saturated heterocycles. The minimum absolute atomic E-state index is 0.183. The third-order valence-electron chi connectivity index (χ3n) is 5.03. The molecule has 7 heteroatoms. The number of rotatable bonds is 8. The third-order valence-corrected chi connectivity index (χ3v) is 6.17. The van der Waals surface area contributed by atoms with E-state index in [1.165, 1.54) is 0 Å². The summed E-state index contributed by atoms with van der Waals surface area (Å²) in [5, 5.41) is 2.88. The number of nitrogens with zero attached hydrogens (tertiary/aromatic N) is 2. The standard InChI is InChI=1S/C19H31N3O3S/c1-4-16-5-7-18(8-6-16)22(26(3,24)25)15-19(23)20-12-9-17-10-13-21(2)14-11-17/h5-8,17H,4,9-15H2,1-3H3,(H,20,23). The van der Waals surface area contributed by atoms with E-state index >= 15 is 0 Å². The van der Waals surface area contributed by atoms with Crippen LogP contribution in [0.4, 0.5) is 5.69 Å². The van der Waals surface area contributed by atoms with Gasteiger partial charge in [0.05, 0.1) is 11.9 Å². The average molecular weight is 382 g/mol. The average Bonchev–Trinajstić information content (AvgIpc) is 2.60. The summed E-state index contributed by atoms with van der Waals surface area (Å²) in [6, 6.07) is 7.30. The lowest BCUT2D eigenvalue weighted by Gasteiger charge is -2.29. The van der Waals surface area contributed by atoms with E-state index in [2.05, 4.69) is 17.3 Å². The van der Waals surface area contributed by atoms with Gasteiger partial charge in [0.15, 0.2) is 0 Å². The Morgan fingerprint density at radius 2 is 1.85 bits per heavy atom. The maximum atomic E-state index is 12.3. The van der Waals surface area contributed by atoms with Crippen molar-refractivity contribution in [2.45, 2.75) is 32.6 Å². The number of carbonyl (C=O) groups excluding carboxylic acids is 1. The molecule has 1 aromatic carbocycles. The predicted molar refractivity (Wildman–Crippen MR) is 106 cm³/mol. The van der Waals surface area contributed by atoms with E-state index in [0.29, 0.717) is 18.2 Å². The first-order valence-corrected chi connectivity index (χ1v) is 11.2. The lowest BCUT2D eigenvalue weighted by molar-refractivity contribution is -0.119. The van der Waals surface area contributed by atoms with Gasteiger partial charge in [0, 0.05) is 6.54 Å². The zero-order chi connectivity index (χ0) is 19.2. The zero-order valence-electron chi connectivity index (χ0n) is 16.1. The van der Waals surface area contributed by atoms with Crippen LogP contribution in [0.3, 0.4) is 0 Å². The fourth-order valence-electron chi connectivity index (χ4n) is 3.25. The number of amides is 1. The maximum Gasteiger partial charge on any atom is 0.240 e. The second-order valence-electron chi connectivity index (χ2n) is 7.17. The molecule has 0 aliphatic carbocycles. The Morgan fingerprint density at radius 3 is 2.38 bits per heavy atom. The highest BCUT2D eigenvalue weighted by molar-refractivity contribution is 7.92. The molecule has 0 saturated carbocycles. The predicted octanol–water partition coefficient (Wildman–Crippen LogP) is 1.86. The smallest absolute Gasteiger partial charge is 0.240 e. The lowest BCUT2D eigenvalue weighted by Crippen LogP contribution is -2.41. The van der Waals surface area contributed by atoms with E-state index in [1.54, 1.807) is 12.1 Å². The van der Waals surface area contributed by atoms with Gasteiger partial charge < -0.3 is 10.2 Å². The van der Waals surface area contributed by atoms with Gasteiger partial charge in [-0.15, -0.1) is 0 Å². The molecule has 0 unspecified atom stereocenters. The van der Waals surface area contributed by atoms with Crippen LogP contribution >= 0.6 is 0 Å². The van der Waals surface area contributed by atoms with Gasteiger partial charge in [-0.25, -0.2) is 8.42 Å². The van der Waals surface area contributed by atoms with Crippen LogP contribution in [0.1, 0.15) is 31.7 Å². The molecule has 1 fully saturated rings. The Morgan fingerprint density at radius 1 is 1.23 bits per heavy atom. The molecule has 0 bridgehead atoms. The first-order chi connectivity index (χ1) is 12.3. The first kappa shape index (κ1) is 20.7. The minimum Gasteiger partial charge on any atom is -0.355 e. The van der Waals surface area contributed by atoms with Crippen molar-refractivity contribution < 1.29 is 13.2 Å². The van der Waals surface area contributed by atoms with Crippen molar-refractivity contribution in [1.29, 1.82) is 0 Å². The van der Waals surface area contributed by atoms with Gasteiger partial charge in [-0.2, -0.15) is 0 Å². The molecule has 0 radical (unpaired) electrons. The Hall–Kier alpha value is -1.60. The number of aryl methyl sites for hydroxylation is 1.